The van der Waals surface area contributed by atoms with Gasteiger partial charge in [0.15, 0.2) is 0 Å². The van der Waals surface area contributed by atoms with Crippen molar-refractivity contribution in [2.45, 2.75) is 19.8 Å². The lowest BCUT2D eigenvalue weighted by atomic mass is 9.97. The molecule has 1 aliphatic heterocycles. The Morgan fingerprint density at radius 3 is 2.95 bits per heavy atom. The molecule has 2 heterocycles. The number of hydrogen-bond acceptors (Lipinski definition) is 5. The number of carbonyl (C=O) groups is 1. The lowest BCUT2D eigenvalue weighted by Crippen LogP contribution is -2.33. The van der Waals surface area contributed by atoms with E-state index in [1.807, 2.05) is 0 Å². The maximum atomic E-state index is 11.9. The Morgan fingerprint density at radius 2 is 2.25 bits per heavy atom. The fraction of sp³-hybridized carbons (Fsp3) is 0.600. The molecule has 1 aromatic heterocycles. The predicted molar refractivity (Wildman–Crippen MR) is 78.9 cm³/mol. The molecule has 5 nitrogen and oxygen atoms in total. The molecule has 0 amide bonds. The number of hydrogen-bond donors (Lipinski definition) is 1. The van der Waals surface area contributed by atoms with Crippen LogP contribution in [0.25, 0.3) is 0 Å². The summed E-state index contributed by atoms with van der Waals surface area (Å²) in [6.45, 7) is 5.32. The minimum absolute atomic E-state index is 0.313. The van der Waals surface area contributed by atoms with Gasteiger partial charge in [-0.1, -0.05) is 0 Å². The van der Waals surface area contributed by atoms with Crippen LogP contribution >= 0.6 is 0 Å². The Morgan fingerprint density at radius 1 is 1.50 bits per heavy atom. The standard InChI is InChI=1S/C15H23N3O2/c1-3-20-15(19)13-5-4-8-16-14(13)17-11-12-6-9-18(2)10-7-12/h4-5,8,12H,3,6-7,9-11H2,1-2H3,(H,16,17). The Balaban J connectivity index is 1.94. The first-order valence-electron chi connectivity index (χ1n) is 7.25. The van der Waals surface area contributed by atoms with Crippen LogP contribution < -0.4 is 5.32 Å². The number of aromatic nitrogens is 1. The minimum Gasteiger partial charge on any atom is -0.462 e. The first-order valence-corrected chi connectivity index (χ1v) is 7.25. The average Bonchev–Trinajstić information content (AvgIpc) is 2.47. The Hall–Kier alpha value is -1.62. The smallest absolute Gasteiger partial charge is 0.341 e. The zero-order valence-electron chi connectivity index (χ0n) is 12.3. The number of piperidine rings is 1. The number of carbonyl (C=O) groups excluding carboxylic acids is 1. The van der Waals surface area contributed by atoms with Crippen molar-refractivity contribution < 1.29 is 9.53 Å². The number of rotatable bonds is 5. The Labute approximate surface area is 120 Å². The highest BCUT2D eigenvalue weighted by atomic mass is 16.5. The number of nitrogens with zero attached hydrogens (tertiary/aromatic N) is 2. The van der Waals surface area contributed by atoms with Gasteiger partial charge in [0.2, 0.25) is 0 Å². The summed E-state index contributed by atoms with van der Waals surface area (Å²) in [7, 11) is 2.15. The van der Waals surface area contributed by atoms with Crippen molar-refractivity contribution in [3.05, 3.63) is 23.9 Å². The molecule has 5 heteroatoms. The number of ether oxygens (including phenoxy) is 1. The molecule has 0 aromatic carbocycles. The first kappa shape index (κ1) is 14.8. The highest BCUT2D eigenvalue weighted by molar-refractivity contribution is 5.94. The summed E-state index contributed by atoms with van der Waals surface area (Å²) in [6.07, 6.45) is 4.07. The summed E-state index contributed by atoms with van der Waals surface area (Å²) < 4.78 is 5.05. The van der Waals surface area contributed by atoms with Gasteiger partial charge < -0.3 is 15.0 Å². The quantitative estimate of drug-likeness (QED) is 0.834. The molecule has 0 radical (unpaired) electrons. The molecular weight excluding hydrogens is 254 g/mol. The number of anilines is 1. The molecule has 110 valence electrons. The van der Waals surface area contributed by atoms with Crippen molar-refractivity contribution >= 4 is 11.8 Å². The molecule has 1 saturated heterocycles. The molecule has 0 atom stereocenters. The molecule has 0 saturated carbocycles. The number of likely N-dealkylation sites (tertiary alicyclic amines) is 1. The number of nitrogens with one attached hydrogen (secondary N) is 1. The second kappa shape index (κ2) is 7.24. The van der Waals surface area contributed by atoms with Crippen LogP contribution in [-0.4, -0.2) is 49.1 Å². The van der Waals surface area contributed by atoms with Crippen LogP contribution in [0.3, 0.4) is 0 Å². The fourth-order valence-electron chi connectivity index (χ4n) is 2.43. The zero-order chi connectivity index (χ0) is 14.4. The lowest BCUT2D eigenvalue weighted by Gasteiger charge is -2.29. The largest absolute Gasteiger partial charge is 0.462 e. The van der Waals surface area contributed by atoms with Gasteiger partial charge in [0.1, 0.15) is 11.4 Å². The molecule has 20 heavy (non-hydrogen) atoms. The summed E-state index contributed by atoms with van der Waals surface area (Å²) in [5.74, 6) is 0.958. The van der Waals surface area contributed by atoms with Crippen molar-refractivity contribution in [3.8, 4) is 0 Å². The van der Waals surface area contributed by atoms with E-state index >= 15 is 0 Å². The van der Waals surface area contributed by atoms with Crippen molar-refractivity contribution in [1.29, 1.82) is 0 Å². The highest BCUT2D eigenvalue weighted by Gasteiger charge is 2.18. The molecule has 1 aromatic rings. The third-order valence-electron chi connectivity index (χ3n) is 3.70. The number of esters is 1. The Bertz CT molecular complexity index is 442. The van der Waals surface area contributed by atoms with Crippen molar-refractivity contribution in [2.24, 2.45) is 5.92 Å². The average molecular weight is 277 g/mol. The van der Waals surface area contributed by atoms with Gasteiger partial charge in [-0.3, -0.25) is 0 Å². The van der Waals surface area contributed by atoms with Crippen molar-refractivity contribution in [3.63, 3.8) is 0 Å². The van der Waals surface area contributed by atoms with Gasteiger partial charge in [0, 0.05) is 12.7 Å². The van der Waals surface area contributed by atoms with E-state index in [4.69, 9.17) is 4.74 Å². The monoisotopic (exact) mass is 277 g/mol. The van der Waals surface area contributed by atoms with E-state index in [2.05, 4.69) is 22.2 Å². The second-order valence-corrected chi connectivity index (χ2v) is 5.25. The normalized spacial score (nSPS) is 16.9. The third-order valence-corrected chi connectivity index (χ3v) is 3.70. The molecule has 1 N–H and O–H groups in total. The summed E-state index contributed by atoms with van der Waals surface area (Å²) in [5, 5.41) is 3.31. The SMILES string of the molecule is CCOC(=O)c1cccnc1NCC1CCN(C)CC1. The maximum Gasteiger partial charge on any atom is 0.341 e. The van der Waals surface area contributed by atoms with Crippen LogP contribution in [0.5, 0.6) is 0 Å². The highest BCUT2D eigenvalue weighted by Crippen LogP contribution is 2.18. The van der Waals surface area contributed by atoms with E-state index < -0.39 is 0 Å². The molecule has 0 aliphatic carbocycles. The summed E-state index contributed by atoms with van der Waals surface area (Å²) >= 11 is 0. The minimum atomic E-state index is -0.313. The maximum absolute atomic E-state index is 11.9. The molecule has 0 bridgehead atoms. The van der Waals surface area contributed by atoms with Crippen LogP contribution in [0.4, 0.5) is 5.82 Å². The van der Waals surface area contributed by atoms with Gasteiger partial charge in [-0.2, -0.15) is 0 Å². The second-order valence-electron chi connectivity index (χ2n) is 5.25. The third kappa shape index (κ3) is 3.93. The summed E-state index contributed by atoms with van der Waals surface area (Å²) in [6, 6.07) is 3.51. The van der Waals surface area contributed by atoms with Crippen LogP contribution in [-0.2, 0) is 4.74 Å². The molecule has 1 fully saturated rings. The van der Waals surface area contributed by atoms with Gasteiger partial charge in [0.25, 0.3) is 0 Å². The first-order chi connectivity index (χ1) is 9.70. The van der Waals surface area contributed by atoms with Gasteiger partial charge >= 0.3 is 5.97 Å². The topological polar surface area (TPSA) is 54.5 Å². The van der Waals surface area contributed by atoms with E-state index in [0.29, 0.717) is 23.9 Å². The van der Waals surface area contributed by atoms with Gasteiger partial charge in [-0.05, 0) is 58.0 Å². The zero-order valence-corrected chi connectivity index (χ0v) is 12.3. The predicted octanol–water partition coefficient (Wildman–Crippen LogP) is 2.01. The van der Waals surface area contributed by atoms with Crippen LogP contribution in [0.1, 0.15) is 30.1 Å². The molecular formula is C15H23N3O2. The number of pyridine rings is 1. The molecule has 2 rings (SSSR count). The van der Waals surface area contributed by atoms with E-state index in [9.17, 15) is 4.79 Å². The van der Waals surface area contributed by atoms with Crippen LogP contribution in [0.15, 0.2) is 18.3 Å². The lowest BCUT2D eigenvalue weighted by molar-refractivity contribution is 0.0527. The van der Waals surface area contributed by atoms with Gasteiger partial charge in [0.05, 0.1) is 6.61 Å². The van der Waals surface area contributed by atoms with Crippen molar-refractivity contribution in [2.75, 3.05) is 38.6 Å². The van der Waals surface area contributed by atoms with Gasteiger partial charge in [-0.15, -0.1) is 0 Å². The van der Waals surface area contributed by atoms with Crippen LogP contribution in [0.2, 0.25) is 0 Å². The van der Waals surface area contributed by atoms with E-state index in [0.717, 1.165) is 19.6 Å². The molecule has 0 spiro atoms. The van der Waals surface area contributed by atoms with Gasteiger partial charge in [-0.25, -0.2) is 9.78 Å². The van der Waals surface area contributed by atoms with Crippen LogP contribution in [0, 0.1) is 5.92 Å². The molecule has 0 unspecified atom stereocenters. The van der Waals surface area contributed by atoms with E-state index in [1.54, 1.807) is 25.3 Å². The van der Waals surface area contributed by atoms with Crippen molar-refractivity contribution in [1.82, 2.24) is 9.88 Å². The summed E-state index contributed by atoms with van der Waals surface area (Å²) in [5.41, 5.74) is 0.516. The van der Waals surface area contributed by atoms with E-state index in [1.165, 1.54) is 12.8 Å². The summed E-state index contributed by atoms with van der Waals surface area (Å²) in [4.78, 5) is 18.5. The Kier molecular flexibility index (Phi) is 5.35. The van der Waals surface area contributed by atoms with E-state index in [-0.39, 0.29) is 5.97 Å². The molecule has 1 aliphatic rings. The fourth-order valence-corrected chi connectivity index (χ4v) is 2.43.